The Balaban J connectivity index is 2.06. The van der Waals surface area contributed by atoms with Crippen molar-refractivity contribution in [2.75, 3.05) is 6.61 Å². The number of ether oxygens (including phenoxy) is 3. The van der Waals surface area contributed by atoms with Crippen LogP contribution in [0.25, 0.3) is 0 Å². The molecule has 2 rings (SSSR count). The van der Waals surface area contributed by atoms with Crippen molar-refractivity contribution >= 4 is 0 Å². The molecule has 8 unspecified atom stereocenters. The first-order chi connectivity index (χ1) is 10.3. The van der Waals surface area contributed by atoms with E-state index in [0.29, 0.717) is 0 Å². The molecule has 0 spiro atoms. The molecule has 0 radical (unpaired) electrons. The summed E-state index contributed by atoms with van der Waals surface area (Å²) in [4.78, 5) is 0. The van der Waals surface area contributed by atoms with Gasteiger partial charge in [0.25, 0.3) is 0 Å². The molecule has 130 valence electrons. The van der Waals surface area contributed by atoms with Gasteiger partial charge < -0.3 is 50.0 Å². The first kappa shape index (κ1) is 17.9. The predicted molar refractivity (Wildman–Crippen MR) is 67.2 cm³/mol. The van der Waals surface area contributed by atoms with Gasteiger partial charge in [0, 0.05) is 0 Å². The highest BCUT2D eigenvalue weighted by atomic mass is 16.7. The van der Waals surface area contributed by atoms with Crippen LogP contribution in [0.3, 0.4) is 0 Å². The molecule has 0 aromatic carbocycles. The van der Waals surface area contributed by atoms with Crippen LogP contribution in [0.1, 0.15) is 6.92 Å². The van der Waals surface area contributed by atoms with Gasteiger partial charge in [-0.2, -0.15) is 0 Å². The molecule has 0 bridgehead atoms. The van der Waals surface area contributed by atoms with Crippen LogP contribution in [0.2, 0.25) is 0 Å². The Hall–Kier alpha value is -0.400. The van der Waals surface area contributed by atoms with E-state index in [2.05, 4.69) is 0 Å². The Morgan fingerprint density at radius 2 is 1.45 bits per heavy atom. The molecule has 10 heteroatoms. The zero-order valence-electron chi connectivity index (χ0n) is 11.8. The summed E-state index contributed by atoms with van der Waals surface area (Å²) in [6.07, 6.45) is -14.3. The molecule has 10 nitrogen and oxygen atoms in total. The monoisotopic (exact) mass is 326 g/mol. The van der Waals surface area contributed by atoms with Crippen LogP contribution >= 0.6 is 0 Å². The molecule has 2 saturated heterocycles. The second-order valence-corrected chi connectivity index (χ2v) is 5.51. The number of hydrogen-bond donors (Lipinski definition) is 7. The number of aliphatic hydroxyl groups is 7. The fourth-order valence-electron chi connectivity index (χ4n) is 2.50. The summed E-state index contributed by atoms with van der Waals surface area (Å²) < 4.78 is 15.3. The van der Waals surface area contributed by atoms with Gasteiger partial charge in [0.15, 0.2) is 12.6 Å². The topological polar surface area (TPSA) is 169 Å². The maximum absolute atomic E-state index is 9.93. The van der Waals surface area contributed by atoms with E-state index in [-0.39, 0.29) is 0 Å². The van der Waals surface area contributed by atoms with Gasteiger partial charge in [-0.05, 0) is 6.92 Å². The molecule has 2 aliphatic rings. The van der Waals surface area contributed by atoms with E-state index >= 15 is 0 Å². The third kappa shape index (κ3) is 3.26. The number of hydrogen-bond acceptors (Lipinski definition) is 10. The lowest BCUT2D eigenvalue weighted by molar-refractivity contribution is -0.358. The third-order valence-corrected chi connectivity index (χ3v) is 3.94. The summed E-state index contributed by atoms with van der Waals surface area (Å²) in [5.74, 6) is 0. The van der Waals surface area contributed by atoms with E-state index in [4.69, 9.17) is 19.3 Å². The Kier molecular flexibility index (Phi) is 5.72. The fraction of sp³-hybridized carbons (Fsp3) is 1.00. The maximum Gasteiger partial charge on any atom is 0.187 e. The zero-order chi connectivity index (χ0) is 16.6. The van der Waals surface area contributed by atoms with Gasteiger partial charge in [0.2, 0.25) is 0 Å². The highest BCUT2D eigenvalue weighted by Crippen LogP contribution is 2.28. The second kappa shape index (κ2) is 7.01. The molecular weight excluding hydrogens is 304 g/mol. The summed E-state index contributed by atoms with van der Waals surface area (Å²) in [5, 5.41) is 67.5. The predicted octanol–water partition coefficient (Wildman–Crippen LogP) is -4.37. The van der Waals surface area contributed by atoms with Crippen LogP contribution in [-0.2, 0) is 14.2 Å². The quantitative estimate of drug-likeness (QED) is 0.269. The maximum atomic E-state index is 9.93. The van der Waals surface area contributed by atoms with E-state index in [1.165, 1.54) is 6.92 Å². The zero-order valence-corrected chi connectivity index (χ0v) is 11.8. The van der Waals surface area contributed by atoms with Crippen LogP contribution in [0, 0.1) is 0 Å². The molecule has 0 saturated carbocycles. The minimum Gasteiger partial charge on any atom is -0.394 e. The van der Waals surface area contributed by atoms with E-state index in [0.717, 1.165) is 0 Å². The molecule has 2 aliphatic heterocycles. The minimum atomic E-state index is -1.69. The molecule has 7 N–H and O–H groups in total. The Bertz CT molecular complexity index is 368. The smallest absolute Gasteiger partial charge is 0.187 e. The Morgan fingerprint density at radius 3 is 2.05 bits per heavy atom. The minimum absolute atomic E-state index is 0.619. The number of rotatable bonds is 3. The van der Waals surface area contributed by atoms with Gasteiger partial charge in [0.05, 0.1) is 12.7 Å². The molecule has 0 aromatic rings. The van der Waals surface area contributed by atoms with Gasteiger partial charge >= 0.3 is 0 Å². The van der Waals surface area contributed by atoms with Crippen molar-refractivity contribution in [1.29, 1.82) is 0 Å². The molecule has 2 fully saturated rings. The summed E-state index contributed by atoms with van der Waals surface area (Å²) in [6.45, 7) is 0.823. The first-order valence-corrected chi connectivity index (χ1v) is 6.93. The van der Waals surface area contributed by atoms with Crippen molar-refractivity contribution in [3.05, 3.63) is 0 Å². The summed E-state index contributed by atoms with van der Waals surface area (Å²) >= 11 is 0. The van der Waals surface area contributed by atoms with Crippen molar-refractivity contribution in [2.24, 2.45) is 0 Å². The lowest BCUT2D eigenvalue weighted by Gasteiger charge is -2.44. The highest BCUT2D eigenvalue weighted by Gasteiger charge is 2.49. The lowest BCUT2D eigenvalue weighted by Crippen LogP contribution is -2.63. The van der Waals surface area contributed by atoms with Gasteiger partial charge in [-0.25, -0.2) is 0 Å². The van der Waals surface area contributed by atoms with Crippen LogP contribution in [0.15, 0.2) is 0 Å². The van der Waals surface area contributed by atoms with Crippen molar-refractivity contribution in [2.45, 2.75) is 68.3 Å². The molecule has 0 aliphatic carbocycles. The average Bonchev–Trinajstić information content (AvgIpc) is 2.49. The van der Waals surface area contributed by atoms with Gasteiger partial charge in [0.1, 0.15) is 42.7 Å². The average molecular weight is 326 g/mol. The van der Waals surface area contributed by atoms with E-state index in [9.17, 15) is 30.6 Å². The van der Waals surface area contributed by atoms with Crippen molar-refractivity contribution < 1.29 is 50.0 Å². The lowest BCUT2D eigenvalue weighted by atomic mass is 9.97. The first-order valence-electron chi connectivity index (χ1n) is 6.93. The molecule has 0 amide bonds. The standard InChI is InChI=1S/C12H22O10/c1-3-5(14)7(16)9(18)12(20-3)22-10-8(17)6(15)4(2-13)21-11(10)19/h3-19H,2H2,1H3/t3?,4?,5-,6-,7?,8?,9?,10?,11?,12?/m0/s1. The van der Waals surface area contributed by atoms with Crippen molar-refractivity contribution in [1.82, 2.24) is 0 Å². The molecule has 0 aromatic heterocycles. The van der Waals surface area contributed by atoms with E-state index in [1.807, 2.05) is 0 Å². The van der Waals surface area contributed by atoms with Gasteiger partial charge in [-0.1, -0.05) is 0 Å². The second-order valence-electron chi connectivity index (χ2n) is 5.51. The molecular formula is C12H22O10. The molecule has 10 atom stereocenters. The van der Waals surface area contributed by atoms with Gasteiger partial charge in [-0.3, -0.25) is 0 Å². The van der Waals surface area contributed by atoms with E-state index < -0.39 is 68.0 Å². The van der Waals surface area contributed by atoms with Crippen LogP contribution < -0.4 is 0 Å². The third-order valence-electron chi connectivity index (χ3n) is 3.94. The summed E-state index contributed by atoms with van der Waals surface area (Å²) in [6, 6.07) is 0. The number of aliphatic hydroxyl groups excluding tert-OH is 7. The largest absolute Gasteiger partial charge is 0.394 e. The van der Waals surface area contributed by atoms with Crippen LogP contribution in [0.4, 0.5) is 0 Å². The SMILES string of the molecule is CC1OC(OC2C(O)OC(CO)[C@H](O)C2O)C(O)C(O)[C@H]1O. The van der Waals surface area contributed by atoms with Crippen molar-refractivity contribution in [3.8, 4) is 0 Å². The fourth-order valence-corrected chi connectivity index (χ4v) is 2.50. The normalized spacial score (nSPS) is 53.5. The van der Waals surface area contributed by atoms with E-state index in [1.54, 1.807) is 0 Å². The molecule has 2 heterocycles. The van der Waals surface area contributed by atoms with Crippen LogP contribution in [-0.4, -0.2) is 104 Å². The molecule has 22 heavy (non-hydrogen) atoms. The van der Waals surface area contributed by atoms with Crippen LogP contribution in [0.5, 0.6) is 0 Å². The Labute approximate surface area is 126 Å². The van der Waals surface area contributed by atoms with Crippen molar-refractivity contribution in [3.63, 3.8) is 0 Å². The Morgan fingerprint density at radius 1 is 0.818 bits per heavy atom. The highest BCUT2D eigenvalue weighted by molar-refractivity contribution is 4.92. The summed E-state index contributed by atoms with van der Waals surface area (Å²) in [7, 11) is 0. The summed E-state index contributed by atoms with van der Waals surface area (Å²) in [5.41, 5.74) is 0. The van der Waals surface area contributed by atoms with Gasteiger partial charge in [-0.15, -0.1) is 0 Å².